The van der Waals surface area contributed by atoms with Gasteiger partial charge in [-0.3, -0.25) is 0 Å². The smallest absolute Gasteiger partial charge is 0.130 e. The zero-order valence-corrected chi connectivity index (χ0v) is 10.00. The molecule has 16 heavy (non-hydrogen) atoms. The zero-order chi connectivity index (χ0) is 11.1. The first-order valence-corrected chi connectivity index (χ1v) is 6.11. The molecular weight excluding hydrogens is 222 g/mol. The summed E-state index contributed by atoms with van der Waals surface area (Å²) < 4.78 is 7.89. The molecular formula is C13H14ClNO. The first-order valence-electron chi connectivity index (χ1n) is 5.73. The van der Waals surface area contributed by atoms with E-state index in [1.165, 1.54) is 18.4 Å². The average molecular weight is 236 g/mol. The van der Waals surface area contributed by atoms with Gasteiger partial charge in [0.25, 0.3) is 0 Å². The van der Waals surface area contributed by atoms with Crippen molar-refractivity contribution in [2.45, 2.75) is 25.8 Å². The van der Waals surface area contributed by atoms with Gasteiger partial charge >= 0.3 is 0 Å². The van der Waals surface area contributed by atoms with Crippen molar-refractivity contribution in [2.24, 2.45) is 0 Å². The number of fused-ring (bicyclic) bond motifs is 1. The number of rotatable bonds is 3. The molecule has 0 N–H and O–H groups in total. The molecule has 0 spiro atoms. The van der Waals surface area contributed by atoms with Gasteiger partial charge in [0.2, 0.25) is 0 Å². The van der Waals surface area contributed by atoms with E-state index in [2.05, 4.69) is 10.6 Å². The maximum atomic E-state index is 6.29. The van der Waals surface area contributed by atoms with Crippen LogP contribution in [0.3, 0.4) is 0 Å². The van der Waals surface area contributed by atoms with Crippen molar-refractivity contribution in [3.63, 3.8) is 0 Å². The molecule has 0 aliphatic heterocycles. The lowest BCUT2D eigenvalue weighted by Gasteiger charge is -2.06. The lowest BCUT2D eigenvalue weighted by atomic mass is 10.2. The maximum absolute atomic E-state index is 6.29. The predicted molar refractivity (Wildman–Crippen MR) is 66.4 cm³/mol. The summed E-state index contributed by atoms with van der Waals surface area (Å²) in [5, 5.41) is 1.85. The van der Waals surface area contributed by atoms with Gasteiger partial charge < -0.3 is 9.30 Å². The van der Waals surface area contributed by atoms with Gasteiger partial charge in [-0.25, -0.2) is 0 Å². The number of aromatic nitrogens is 1. The first kappa shape index (κ1) is 10.0. The molecule has 0 amide bonds. The molecule has 0 atom stereocenters. The molecule has 3 rings (SSSR count). The highest BCUT2D eigenvalue weighted by Crippen LogP contribution is 2.42. The van der Waals surface area contributed by atoms with Crippen molar-refractivity contribution < 1.29 is 4.74 Å². The second-order valence-corrected chi connectivity index (χ2v) is 4.61. The number of hydrogen-bond donors (Lipinski definition) is 0. The number of halogens is 1. The van der Waals surface area contributed by atoms with Crippen LogP contribution in [0.4, 0.5) is 0 Å². The Bertz CT molecular complexity index is 528. The number of ether oxygens (including phenoxy) is 1. The van der Waals surface area contributed by atoms with Gasteiger partial charge in [0.1, 0.15) is 5.75 Å². The van der Waals surface area contributed by atoms with E-state index in [9.17, 15) is 0 Å². The van der Waals surface area contributed by atoms with Crippen LogP contribution >= 0.6 is 11.6 Å². The molecule has 84 valence electrons. The second kappa shape index (κ2) is 3.70. The fraction of sp³-hybridized carbons (Fsp3) is 0.385. The molecule has 3 heteroatoms. The molecule has 1 aliphatic rings. The maximum Gasteiger partial charge on any atom is 0.130 e. The van der Waals surface area contributed by atoms with Gasteiger partial charge in [-0.05, 0) is 31.9 Å². The Balaban J connectivity index is 2.22. The van der Waals surface area contributed by atoms with Crippen LogP contribution in [-0.2, 0) is 0 Å². The zero-order valence-electron chi connectivity index (χ0n) is 9.24. The van der Waals surface area contributed by atoms with Crippen molar-refractivity contribution in [1.29, 1.82) is 0 Å². The number of hydrogen-bond acceptors (Lipinski definition) is 1. The van der Waals surface area contributed by atoms with E-state index in [0.29, 0.717) is 12.6 Å². The number of benzene rings is 1. The average Bonchev–Trinajstić information content (AvgIpc) is 3.05. The third kappa shape index (κ3) is 1.49. The topological polar surface area (TPSA) is 14.2 Å². The highest BCUT2D eigenvalue weighted by Gasteiger charge is 2.26. The molecule has 2 aromatic rings. The summed E-state index contributed by atoms with van der Waals surface area (Å²) in [6, 6.07) is 6.77. The van der Waals surface area contributed by atoms with E-state index in [-0.39, 0.29) is 0 Å². The van der Waals surface area contributed by atoms with Crippen molar-refractivity contribution >= 4 is 22.5 Å². The predicted octanol–water partition coefficient (Wildman–Crippen LogP) is 4.03. The van der Waals surface area contributed by atoms with Crippen LogP contribution in [0.5, 0.6) is 5.75 Å². The van der Waals surface area contributed by atoms with Crippen LogP contribution in [0.2, 0.25) is 5.02 Å². The molecule has 1 saturated carbocycles. The highest BCUT2D eigenvalue weighted by molar-refractivity contribution is 6.36. The molecule has 1 aromatic carbocycles. The summed E-state index contributed by atoms with van der Waals surface area (Å²) in [6.07, 6.45) is 4.56. The molecule has 1 heterocycles. The highest BCUT2D eigenvalue weighted by atomic mass is 35.5. The van der Waals surface area contributed by atoms with Crippen LogP contribution in [-0.4, -0.2) is 11.2 Å². The third-order valence-corrected chi connectivity index (χ3v) is 3.30. The van der Waals surface area contributed by atoms with Gasteiger partial charge in [-0.1, -0.05) is 17.7 Å². The minimum Gasteiger partial charge on any atom is -0.493 e. The Morgan fingerprint density at radius 3 is 2.94 bits per heavy atom. The van der Waals surface area contributed by atoms with E-state index < -0.39 is 0 Å². The lowest BCUT2D eigenvalue weighted by Crippen LogP contribution is -1.93. The van der Waals surface area contributed by atoms with Crippen LogP contribution < -0.4 is 4.74 Å². The largest absolute Gasteiger partial charge is 0.493 e. The third-order valence-electron chi connectivity index (χ3n) is 3.01. The van der Waals surface area contributed by atoms with Crippen molar-refractivity contribution in [1.82, 2.24) is 4.57 Å². The van der Waals surface area contributed by atoms with Crippen molar-refractivity contribution in [2.75, 3.05) is 6.61 Å². The van der Waals surface area contributed by atoms with Crippen molar-refractivity contribution in [3.05, 3.63) is 29.4 Å². The van der Waals surface area contributed by atoms with Crippen LogP contribution in [0.1, 0.15) is 25.8 Å². The number of nitrogens with zero attached hydrogens (tertiary/aromatic N) is 1. The first-order chi connectivity index (χ1) is 7.81. The molecule has 2 nitrogen and oxygen atoms in total. The van der Waals surface area contributed by atoms with Crippen LogP contribution in [0, 0.1) is 0 Å². The summed E-state index contributed by atoms with van der Waals surface area (Å²) in [4.78, 5) is 0. The van der Waals surface area contributed by atoms with E-state index in [0.717, 1.165) is 16.2 Å². The summed E-state index contributed by atoms with van der Waals surface area (Å²) in [7, 11) is 0. The second-order valence-electron chi connectivity index (χ2n) is 4.20. The van der Waals surface area contributed by atoms with Gasteiger partial charge in [0.05, 0.1) is 22.5 Å². The Morgan fingerprint density at radius 1 is 1.44 bits per heavy atom. The molecule has 1 aromatic heterocycles. The SMILES string of the molecule is CCOc1cccc2c1c(Cl)cn2C1CC1. The fourth-order valence-electron chi connectivity index (χ4n) is 2.16. The Labute approximate surface area is 99.8 Å². The molecule has 0 unspecified atom stereocenters. The minimum absolute atomic E-state index is 0.645. The summed E-state index contributed by atoms with van der Waals surface area (Å²) in [5.41, 5.74) is 1.19. The standard InChI is InChI=1S/C13H14ClNO/c1-2-16-12-5-3-4-11-13(12)10(14)8-15(11)9-6-7-9/h3-5,8-9H,2,6-7H2,1H3. The summed E-state index contributed by atoms with van der Waals surface area (Å²) in [6.45, 7) is 2.66. The molecule has 1 aliphatic carbocycles. The van der Waals surface area contributed by atoms with Gasteiger partial charge in [0, 0.05) is 12.2 Å². The normalized spacial score (nSPS) is 15.6. The molecule has 0 saturated heterocycles. The Hall–Kier alpha value is -1.15. The Kier molecular flexibility index (Phi) is 2.32. The van der Waals surface area contributed by atoms with Crippen LogP contribution in [0.15, 0.2) is 24.4 Å². The van der Waals surface area contributed by atoms with Gasteiger partial charge in [0.15, 0.2) is 0 Å². The lowest BCUT2D eigenvalue weighted by molar-refractivity contribution is 0.344. The van der Waals surface area contributed by atoms with Gasteiger partial charge in [-0.2, -0.15) is 0 Å². The quantitative estimate of drug-likeness (QED) is 0.784. The van der Waals surface area contributed by atoms with E-state index >= 15 is 0 Å². The summed E-state index contributed by atoms with van der Waals surface area (Å²) >= 11 is 6.29. The Morgan fingerprint density at radius 2 is 2.25 bits per heavy atom. The van der Waals surface area contributed by atoms with E-state index in [4.69, 9.17) is 16.3 Å². The van der Waals surface area contributed by atoms with Gasteiger partial charge in [-0.15, -0.1) is 0 Å². The summed E-state index contributed by atoms with van der Waals surface area (Å²) in [5.74, 6) is 0.893. The van der Waals surface area contributed by atoms with Crippen LogP contribution in [0.25, 0.3) is 10.9 Å². The van der Waals surface area contributed by atoms with Crippen molar-refractivity contribution in [3.8, 4) is 5.75 Å². The molecule has 1 fully saturated rings. The fourth-order valence-corrected chi connectivity index (χ4v) is 2.46. The van der Waals surface area contributed by atoms with E-state index in [1.54, 1.807) is 0 Å². The molecule has 0 radical (unpaired) electrons. The monoisotopic (exact) mass is 235 g/mol. The van der Waals surface area contributed by atoms with E-state index in [1.807, 2.05) is 25.3 Å². The minimum atomic E-state index is 0.645. The molecule has 0 bridgehead atoms.